The van der Waals surface area contributed by atoms with Crippen molar-refractivity contribution in [1.82, 2.24) is 19.4 Å². The van der Waals surface area contributed by atoms with Gasteiger partial charge in [0.05, 0.1) is 29.7 Å². The average Bonchev–Trinajstić information content (AvgIpc) is 3.39. The number of carboxylic acids is 1. The molecule has 2 heterocycles. The van der Waals surface area contributed by atoms with Crippen LogP contribution in [-0.2, 0) is 6.54 Å². The van der Waals surface area contributed by atoms with Crippen molar-refractivity contribution in [3.8, 4) is 28.5 Å². The molecule has 0 aliphatic carbocycles. The highest BCUT2D eigenvalue weighted by Gasteiger charge is 2.19. The number of nitrogens with zero attached hydrogens (tertiary/aromatic N) is 4. The lowest BCUT2D eigenvalue weighted by Gasteiger charge is -2.13. The topological polar surface area (TPSA) is 135 Å². The van der Waals surface area contributed by atoms with E-state index in [1.807, 2.05) is 43.3 Å². The van der Waals surface area contributed by atoms with Crippen molar-refractivity contribution >= 4 is 17.0 Å². The van der Waals surface area contributed by atoms with E-state index in [1.165, 1.54) is 6.07 Å². The van der Waals surface area contributed by atoms with Gasteiger partial charge in [0, 0.05) is 5.56 Å². The number of carbonyl (C=O) groups is 1. The normalized spacial score (nSPS) is 11.1. The van der Waals surface area contributed by atoms with E-state index in [0.717, 1.165) is 11.1 Å². The Morgan fingerprint density at radius 2 is 1.80 bits per heavy atom. The molecule has 0 aliphatic rings. The molecule has 0 amide bonds. The van der Waals surface area contributed by atoms with Gasteiger partial charge >= 0.3 is 11.7 Å². The second-order valence-corrected chi connectivity index (χ2v) is 7.70. The van der Waals surface area contributed by atoms with Gasteiger partial charge in [-0.1, -0.05) is 59.8 Å². The maximum Gasteiger partial charge on any atom is 0.437 e. The Bertz CT molecular complexity index is 1600. The molecule has 0 bridgehead atoms. The number of hydrogen-bond donors (Lipinski definition) is 1. The van der Waals surface area contributed by atoms with Gasteiger partial charge in [-0.05, 0) is 35.7 Å². The highest BCUT2D eigenvalue weighted by Crippen LogP contribution is 2.31. The summed E-state index contributed by atoms with van der Waals surface area (Å²) in [6.45, 7) is 2.56. The number of rotatable bonds is 7. The minimum Gasteiger partial charge on any atom is -0.800 e. The Kier molecular flexibility index (Phi) is 5.54. The van der Waals surface area contributed by atoms with Crippen LogP contribution in [0.5, 0.6) is 6.01 Å². The van der Waals surface area contributed by atoms with Crippen molar-refractivity contribution in [2.45, 2.75) is 13.5 Å². The fourth-order valence-corrected chi connectivity index (χ4v) is 4.03. The average molecular weight is 471 g/mol. The van der Waals surface area contributed by atoms with Crippen molar-refractivity contribution in [1.29, 1.82) is 0 Å². The summed E-state index contributed by atoms with van der Waals surface area (Å²) in [7, 11) is 0. The van der Waals surface area contributed by atoms with Gasteiger partial charge in [0.1, 0.15) is 0 Å². The molecule has 10 nitrogen and oxygen atoms in total. The zero-order valence-electron chi connectivity index (χ0n) is 18.5. The molecular weight excluding hydrogens is 452 g/mol. The van der Waals surface area contributed by atoms with E-state index in [1.54, 1.807) is 28.8 Å². The van der Waals surface area contributed by atoms with Gasteiger partial charge in [0.25, 0.3) is 6.01 Å². The summed E-state index contributed by atoms with van der Waals surface area (Å²) < 4.78 is 12.0. The van der Waals surface area contributed by atoms with Crippen LogP contribution >= 0.6 is 0 Å². The molecule has 2 aromatic heterocycles. The van der Waals surface area contributed by atoms with Crippen LogP contribution in [0, 0.1) is 5.21 Å². The molecule has 0 atom stereocenters. The highest BCUT2D eigenvalue weighted by molar-refractivity contribution is 6.01. The summed E-state index contributed by atoms with van der Waals surface area (Å²) in [6, 6.07) is 19.9. The molecule has 5 rings (SSSR count). The first-order valence-corrected chi connectivity index (χ1v) is 10.8. The van der Waals surface area contributed by atoms with E-state index in [9.17, 15) is 19.9 Å². The lowest BCUT2D eigenvalue weighted by Crippen LogP contribution is -2.09. The van der Waals surface area contributed by atoms with Gasteiger partial charge < -0.3 is 15.1 Å². The van der Waals surface area contributed by atoms with Crippen LogP contribution < -0.4 is 10.5 Å². The first kappa shape index (κ1) is 22.0. The van der Waals surface area contributed by atoms with Crippen LogP contribution in [0.2, 0.25) is 0 Å². The van der Waals surface area contributed by atoms with Crippen LogP contribution in [0.25, 0.3) is 33.5 Å². The third-order valence-electron chi connectivity index (χ3n) is 5.58. The number of fused-ring (bicyclic) bond motifs is 1. The maximum absolute atomic E-state index is 12.0. The van der Waals surface area contributed by atoms with Gasteiger partial charge in [-0.15, -0.1) is 0 Å². The SMILES string of the molecule is CCOc1nc2cccc(C(=O)O)c2n1Cc1ccc(-c2ccccc2-c2noc(=O)n2[O-])cc1. The molecule has 1 N–H and O–H groups in total. The predicted octanol–water partition coefficient (Wildman–Crippen LogP) is 4.01. The second kappa shape index (κ2) is 8.82. The smallest absolute Gasteiger partial charge is 0.437 e. The van der Waals surface area contributed by atoms with Crippen LogP contribution in [-0.4, -0.2) is 37.1 Å². The summed E-state index contributed by atoms with van der Waals surface area (Å²) in [5, 5.41) is 25.3. The summed E-state index contributed by atoms with van der Waals surface area (Å²) in [4.78, 5) is 27.7. The van der Waals surface area contributed by atoms with E-state index in [0.29, 0.717) is 41.3 Å². The molecule has 0 aliphatic heterocycles. The van der Waals surface area contributed by atoms with E-state index >= 15 is 0 Å². The monoisotopic (exact) mass is 471 g/mol. The minimum absolute atomic E-state index is 0.109. The van der Waals surface area contributed by atoms with Crippen LogP contribution in [0.1, 0.15) is 22.8 Å². The Labute approximate surface area is 198 Å². The molecule has 0 fully saturated rings. The van der Waals surface area contributed by atoms with Gasteiger partial charge in [0.15, 0.2) is 5.82 Å². The summed E-state index contributed by atoms with van der Waals surface area (Å²) >= 11 is 0. The largest absolute Gasteiger partial charge is 0.800 e. The minimum atomic E-state index is -1.08. The number of para-hydroxylation sites is 1. The number of benzene rings is 3. The Morgan fingerprint density at radius 1 is 1.06 bits per heavy atom. The van der Waals surface area contributed by atoms with Crippen LogP contribution in [0.3, 0.4) is 0 Å². The first-order chi connectivity index (χ1) is 17.0. The lowest BCUT2D eigenvalue weighted by molar-refractivity contribution is 0.0698. The number of aromatic carboxylic acids is 1. The van der Waals surface area contributed by atoms with Crippen LogP contribution in [0.15, 0.2) is 76.0 Å². The molecule has 0 spiro atoms. The molecule has 0 unspecified atom stereocenters. The van der Waals surface area contributed by atoms with Gasteiger partial charge in [-0.25, -0.2) is 9.59 Å². The van der Waals surface area contributed by atoms with Crippen LogP contribution in [0.4, 0.5) is 0 Å². The van der Waals surface area contributed by atoms with Crippen molar-refractivity contribution in [3.05, 3.63) is 93.6 Å². The third kappa shape index (κ3) is 3.90. The number of imidazole rings is 1. The Hall–Kier alpha value is -4.86. The zero-order chi connectivity index (χ0) is 24.5. The first-order valence-electron chi connectivity index (χ1n) is 10.8. The van der Waals surface area contributed by atoms with E-state index in [-0.39, 0.29) is 16.1 Å². The summed E-state index contributed by atoms with van der Waals surface area (Å²) in [5.41, 5.74) is 4.01. The van der Waals surface area contributed by atoms with Crippen molar-refractivity contribution < 1.29 is 19.2 Å². The molecular formula is C25H19N4O6-. The molecule has 0 saturated heterocycles. The van der Waals surface area contributed by atoms with Crippen molar-refractivity contribution in [2.24, 2.45) is 0 Å². The predicted molar refractivity (Wildman–Crippen MR) is 127 cm³/mol. The third-order valence-corrected chi connectivity index (χ3v) is 5.58. The number of carboxylic acid groups (broad SMARTS) is 1. The van der Waals surface area contributed by atoms with Gasteiger partial charge in [-0.3, -0.25) is 13.8 Å². The fourth-order valence-electron chi connectivity index (χ4n) is 4.03. The Balaban J connectivity index is 1.53. The van der Waals surface area contributed by atoms with E-state index in [2.05, 4.69) is 14.7 Å². The van der Waals surface area contributed by atoms with Crippen molar-refractivity contribution in [2.75, 3.05) is 6.61 Å². The highest BCUT2D eigenvalue weighted by atomic mass is 16.6. The van der Waals surface area contributed by atoms with Crippen molar-refractivity contribution in [3.63, 3.8) is 0 Å². The lowest BCUT2D eigenvalue weighted by atomic mass is 9.98. The molecule has 176 valence electrons. The van der Waals surface area contributed by atoms with Gasteiger partial charge in [0.2, 0.25) is 0 Å². The number of aromatic nitrogens is 4. The Morgan fingerprint density at radius 3 is 2.46 bits per heavy atom. The second-order valence-electron chi connectivity index (χ2n) is 7.70. The molecule has 3 aromatic carbocycles. The molecule has 0 radical (unpaired) electrons. The molecule has 35 heavy (non-hydrogen) atoms. The summed E-state index contributed by atoms with van der Waals surface area (Å²) in [6.07, 6.45) is 0. The van der Waals surface area contributed by atoms with E-state index < -0.39 is 11.7 Å². The standard InChI is InChI=1S/C25H19N4O6/c1-2-34-24-26-20-9-5-8-19(23(30)31)21(20)28(24)14-15-10-12-16(13-11-15)17-6-3-4-7-18(17)22-27-35-25(32)29(22)33/h3-13H,2,14H2,1H3,(H,30,31)/q-1. The molecule has 10 heteroatoms. The summed E-state index contributed by atoms with van der Waals surface area (Å²) in [5.74, 6) is -2.23. The number of hydrogen-bond acceptors (Lipinski definition) is 7. The molecule has 5 aromatic rings. The fraction of sp³-hybridized carbons (Fsp3) is 0.120. The van der Waals surface area contributed by atoms with E-state index in [4.69, 9.17) is 4.74 Å². The number of ether oxygens (including phenoxy) is 1. The zero-order valence-corrected chi connectivity index (χ0v) is 18.5. The quantitative estimate of drug-likeness (QED) is 0.376. The maximum atomic E-state index is 12.0. The van der Waals surface area contributed by atoms with Gasteiger partial charge in [-0.2, -0.15) is 4.98 Å². The molecule has 0 saturated carbocycles.